The lowest BCUT2D eigenvalue weighted by Crippen LogP contribution is -2.25. The third kappa shape index (κ3) is 2.24. The molecule has 0 aliphatic carbocycles. The van der Waals surface area contributed by atoms with Gasteiger partial charge in [-0.2, -0.15) is 0 Å². The zero-order chi connectivity index (χ0) is 14.9. The topological polar surface area (TPSA) is 59.6 Å². The first-order chi connectivity index (χ1) is 10.8. The first-order valence-corrected chi connectivity index (χ1v) is 7.14. The van der Waals surface area contributed by atoms with Crippen LogP contribution in [0.5, 0.6) is 5.75 Å². The van der Waals surface area contributed by atoms with Gasteiger partial charge in [0.05, 0.1) is 11.4 Å². The van der Waals surface area contributed by atoms with E-state index in [1.165, 1.54) is 5.39 Å². The molecule has 0 bridgehead atoms. The molecular weight excluding hydrogens is 274 g/mol. The van der Waals surface area contributed by atoms with Crippen LogP contribution in [0, 0.1) is 0 Å². The van der Waals surface area contributed by atoms with E-state index in [-0.39, 0.29) is 0 Å². The maximum absolute atomic E-state index is 5.76. The molecule has 22 heavy (non-hydrogen) atoms. The summed E-state index contributed by atoms with van der Waals surface area (Å²) >= 11 is 0. The van der Waals surface area contributed by atoms with Crippen molar-refractivity contribution in [2.45, 2.75) is 0 Å². The van der Waals surface area contributed by atoms with E-state index in [9.17, 15) is 0 Å². The molecule has 0 saturated heterocycles. The Balaban J connectivity index is 1.73. The Morgan fingerprint density at radius 3 is 2.82 bits per heavy atom. The number of nitrogen functional groups attached to an aromatic ring is 1. The van der Waals surface area contributed by atoms with Crippen molar-refractivity contribution in [3.8, 4) is 5.75 Å². The molecule has 0 fully saturated rings. The lowest BCUT2D eigenvalue weighted by atomic mass is 10.1. The van der Waals surface area contributed by atoms with Gasteiger partial charge in [-0.05, 0) is 23.6 Å². The summed E-state index contributed by atoms with van der Waals surface area (Å²) < 4.78 is 5.73. The summed E-state index contributed by atoms with van der Waals surface area (Å²) in [5.41, 5.74) is 8.28. The minimum atomic E-state index is 0.402. The van der Waals surface area contributed by atoms with Crippen molar-refractivity contribution < 1.29 is 4.74 Å². The van der Waals surface area contributed by atoms with Crippen LogP contribution in [-0.2, 0) is 0 Å². The highest BCUT2D eigenvalue weighted by molar-refractivity contribution is 6.03. The zero-order valence-corrected chi connectivity index (χ0v) is 11.9. The second-order valence-electron chi connectivity index (χ2n) is 5.23. The summed E-state index contributed by atoms with van der Waals surface area (Å²) in [6, 6.07) is 19.9. The Morgan fingerprint density at radius 1 is 1.00 bits per heavy atom. The molecule has 1 heterocycles. The molecular formula is C18H15N3O. The lowest BCUT2D eigenvalue weighted by Gasteiger charge is -2.21. The third-order valence-electron chi connectivity index (χ3n) is 3.67. The van der Waals surface area contributed by atoms with Crippen molar-refractivity contribution in [1.82, 2.24) is 0 Å². The Kier molecular flexibility index (Phi) is 2.93. The molecule has 0 atom stereocenters. The number of aliphatic imine (C=N–C) groups is 1. The van der Waals surface area contributed by atoms with E-state index in [1.807, 2.05) is 42.5 Å². The van der Waals surface area contributed by atoms with Crippen LogP contribution < -0.4 is 15.8 Å². The van der Waals surface area contributed by atoms with Crippen molar-refractivity contribution in [3.05, 3.63) is 60.7 Å². The molecule has 0 saturated carbocycles. The van der Waals surface area contributed by atoms with E-state index < -0.39 is 0 Å². The molecule has 3 N–H and O–H groups in total. The van der Waals surface area contributed by atoms with Crippen LogP contribution in [0.3, 0.4) is 0 Å². The zero-order valence-electron chi connectivity index (χ0n) is 11.9. The molecule has 4 rings (SSSR count). The number of hydrogen-bond acceptors (Lipinski definition) is 3. The number of benzene rings is 3. The van der Waals surface area contributed by atoms with E-state index in [4.69, 9.17) is 15.5 Å². The average molecular weight is 289 g/mol. The molecule has 108 valence electrons. The van der Waals surface area contributed by atoms with Crippen molar-refractivity contribution in [3.63, 3.8) is 0 Å². The van der Waals surface area contributed by atoms with Crippen LogP contribution in [0.15, 0.2) is 65.7 Å². The first kappa shape index (κ1) is 12.7. The molecule has 3 aromatic rings. The summed E-state index contributed by atoms with van der Waals surface area (Å²) in [5.74, 6) is 1.55. The highest BCUT2D eigenvalue weighted by Crippen LogP contribution is 2.31. The van der Waals surface area contributed by atoms with Gasteiger partial charge in [-0.25, -0.2) is 4.99 Å². The standard InChI is InChI=1S/C18H15N3O/c19-13-8-9-16-17(10-13)22-11-18(21-16)20-15-7-3-5-12-4-1-2-6-14(12)15/h1-10H,11,19H2,(H,20,21). The van der Waals surface area contributed by atoms with E-state index in [1.54, 1.807) is 0 Å². The van der Waals surface area contributed by atoms with Gasteiger partial charge >= 0.3 is 0 Å². The summed E-state index contributed by atoms with van der Waals surface area (Å²) in [4.78, 5) is 4.72. The lowest BCUT2D eigenvalue weighted by molar-refractivity contribution is 0.372. The number of rotatable bonds is 1. The van der Waals surface area contributed by atoms with Crippen LogP contribution in [0.1, 0.15) is 0 Å². The minimum absolute atomic E-state index is 0.402. The Morgan fingerprint density at radius 2 is 1.86 bits per heavy atom. The second-order valence-corrected chi connectivity index (χ2v) is 5.23. The summed E-state index contributed by atoms with van der Waals surface area (Å²) in [6.45, 7) is 0.402. The van der Waals surface area contributed by atoms with Gasteiger partial charge in [-0.1, -0.05) is 36.4 Å². The van der Waals surface area contributed by atoms with Crippen molar-refractivity contribution in [2.75, 3.05) is 17.7 Å². The third-order valence-corrected chi connectivity index (χ3v) is 3.67. The number of ether oxygens (including phenoxy) is 1. The monoisotopic (exact) mass is 289 g/mol. The van der Waals surface area contributed by atoms with Gasteiger partial charge in [-0.3, -0.25) is 0 Å². The Bertz CT molecular complexity index is 881. The fourth-order valence-corrected chi connectivity index (χ4v) is 2.61. The van der Waals surface area contributed by atoms with Gasteiger partial charge < -0.3 is 15.8 Å². The number of nitrogens with one attached hydrogen (secondary N) is 1. The van der Waals surface area contributed by atoms with Crippen molar-refractivity contribution >= 4 is 33.7 Å². The number of nitrogens with zero attached hydrogens (tertiary/aromatic N) is 1. The van der Waals surface area contributed by atoms with Gasteiger partial charge in [0, 0.05) is 17.1 Å². The highest BCUT2D eigenvalue weighted by Gasteiger charge is 2.15. The van der Waals surface area contributed by atoms with Gasteiger partial charge in [0.1, 0.15) is 18.2 Å². The maximum atomic E-state index is 5.76. The van der Waals surface area contributed by atoms with Gasteiger partial charge in [-0.15, -0.1) is 0 Å². The molecule has 0 spiro atoms. The van der Waals surface area contributed by atoms with Gasteiger partial charge in [0.2, 0.25) is 0 Å². The number of fused-ring (bicyclic) bond motifs is 2. The van der Waals surface area contributed by atoms with Crippen LogP contribution in [0.4, 0.5) is 17.1 Å². The molecule has 1 aliphatic heterocycles. The average Bonchev–Trinajstić information content (AvgIpc) is 2.55. The van der Waals surface area contributed by atoms with E-state index >= 15 is 0 Å². The van der Waals surface area contributed by atoms with Crippen LogP contribution in [0.2, 0.25) is 0 Å². The van der Waals surface area contributed by atoms with Gasteiger partial charge in [0.25, 0.3) is 0 Å². The Labute approximate surface area is 128 Å². The van der Waals surface area contributed by atoms with Crippen LogP contribution >= 0.6 is 0 Å². The summed E-state index contributed by atoms with van der Waals surface area (Å²) in [6.07, 6.45) is 0. The molecule has 3 aromatic carbocycles. The molecule has 0 unspecified atom stereocenters. The normalized spacial score (nSPS) is 15.2. The molecule has 0 aromatic heterocycles. The number of anilines is 2. The molecule has 0 amide bonds. The summed E-state index contributed by atoms with van der Waals surface area (Å²) in [7, 11) is 0. The predicted octanol–water partition coefficient (Wildman–Crippen LogP) is 3.96. The number of amidine groups is 1. The second kappa shape index (κ2) is 5.07. The van der Waals surface area contributed by atoms with Gasteiger partial charge in [0.15, 0.2) is 0 Å². The maximum Gasteiger partial charge on any atom is 0.146 e. The minimum Gasteiger partial charge on any atom is -0.483 e. The quantitative estimate of drug-likeness (QED) is 0.667. The number of nitrogens with two attached hydrogens (primary N) is 1. The van der Waals surface area contributed by atoms with Crippen molar-refractivity contribution in [1.29, 1.82) is 0 Å². The first-order valence-electron chi connectivity index (χ1n) is 7.14. The highest BCUT2D eigenvalue weighted by atomic mass is 16.5. The van der Waals surface area contributed by atoms with E-state index in [0.717, 1.165) is 28.3 Å². The van der Waals surface area contributed by atoms with Crippen LogP contribution in [0.25, 0.3) is 10.8 Å². The number of hydrogen-bond donors (Lipinski definition) is 2. The molecule has 4 heteroatoms. The Hall–Kier alpha value is -3.01. The largest absolute Gasteiger partial charge is 0.483 e. The molecule has 0 radical (unpaired) electrons. The molecule has 4 nitrogen and oxygen atoms in total. The fourth-order valence-electron chi connectivity index (χ4n) is 2.61. The van der Waals surface area contributed by atoms with Crippen LogP contribution in [-0.4, -0.2) is 12.4 Å². The van der Waals surface area contributed by atoms with E-state index in [0.29, 0.717) is 12.3 Å². The predicted molar refractivity (Wildman–Crippen MR) is 91.0 cm³/mol. The molecule has 1 aliphatic rings. The summed E-state index contributed by atoms with van der Waals surface area (Å²) in [5, 5.41) is 5.61. The smallest absolute Gasteiger partial charge is 0.146 e. The fraction of sp³-hybridized carbons (Fsp3) is 0.0556. The van der Waals surface area contributed by atoms with Crippen molar-refractivity contribution in [2.24, 2.45) is 4.99 Å². The van der Waals surface area contributed by atoms with E-state index in [2.05, 4.69) is 23.5 Å². The SMILES string of the molecule is Nc1ccc2c(c1)OCC(=Nc1cccc3ccccc13)N2.